The van der Waals surface area contributed by atoms with E-state index in [-0.39, 0.29) is 6.10 Å². The van der Waals surface area contributed by atoms with Crippen LogP contribution in [0, 0.1) is 23.7 Å². The summed E-state index contributed by atoms with van der Waals surface area (Å²) in [6.07, 6.45) is 11.2. The summed E-state index contributed by atoms with van der Waals surface area (Å²) in [7, 11) is 0. The van der Waals surface area contributed by atoms with E-state index in [4.69, 9.17) is 0 Å². The molecule has 0 aromatic rings. The van der Waals surface area contributed by atoms with Gasteiger partial charge in [0.2, 0.25) is 0 Å². The third-order valence-corrected chi connectivity index (χ3v) is 1.52. The van der Waals surface area contributed by atoms with E-state index < -0.39 is 0 Å². The standard InChI is InChI=1S/C14H16O/c1-3-5-6-7-8-9-10-11-12-13-14(15)4-2/h8-15H,4H2,1-2H3/b9-8+,11-10+,13-12+. The largest absolute Gasteiger partial charge is 0.389 e. The molecule has 1 unspecified atom stereocenters. The van der Waals surface area contributed by atoms with E-state index >= 15 is 0 Å². The number of hydrogen-bond donors (Lipinski definition) is 1. The zero-order valence-corrected chi connectivity index (χ0v) is 9.20. The van der Waals surface area contributed by atoms with Gasteiger partial charge in [-0.15, -0.1) is 0 Å². The quantitative estimate of drug-likeness (QED) is 0.546. The van der Waals surface area contributed by atoms with E-state index in [9.17, 15) is 5.11 Å². The lowest BCUT2D eigenvalue weighted by Crippen LogP contribution is -1.97. The molecular formula is C14H16O. The highest BCUT2D eigenvalue weighted by molar-refractivity contribution is 5.31. The van der Waals surface area contributed by atoms with Gasteiger partial charge in [-0.25, -0.2) is 0 Å². The van der Waals surface area contributed by atoms with Gasteiger partial charge >= 0.3 is 0 Å². The first-order chi connectivity index (χ1) is 7.31. The Morgan fingerprint density at radius 2 is 1.87 bits per heavy atom. The van der Waals surface area contributed by atoms with E-state index in [1.54, 1.807) is 19.1 Å². The molecule has 78 valence electrons. The summed E-state index contributed by atoms with van der Waals surface area (Å²) in [5, 5.41) is 9.18. The van der Waals surface area contributed by atoms with Crippen molar-refractivity contribution in [2.24, 2.45) is 0 Å². The summed E-state index contributed by atoms with van der Waals surface area (Å²) in [5.74, 6) is 10.8. The topological polar surface area (TPSA) is 20.2 Å². The average Bonchev–Trinajstić information content (AvgIpc) is 2.26. The minimum absolute atomic E-state index is 0.349. The third kappa shape index (κ3) is 10.2. The van der Waals surface area contributed by atoms with Crippen molar-refractivity contribution in [1.82, 2.24) is 0 Å². The zero-order valence-electron chi connectivity index (χ0n) is 9.20. The zero-order chi connectivity index (χ0) is 11.4. The van der Waals surface area contributed by atoms with E-state index in [2.05, 4.69) is 23.7 Å². The van der Waals surface area contributed by atoms with Gasteiger partial charge in [-0.05, 0) is 31.3 Å². The average molecular weight is 200 g/mol. The molecule has 0 aromatic heterocycles. The second-order valence-electron chi connectivity index (χ2n) is 2.75. The maximum atomic E-state index is 9.18. The van der Waals surface area contributed by atoms with Crippen LogP contribution in [-0.4, -0.2) is 11.2 Å². The molecule has 0 amide bonds. The summed E-state index contributed by atoms with van der Waals surface area (Å²) in [5.41, 5.74) is 0. The number of allylic oxidation sites excluding steroid dienone is 5. The number of aliphatic hydroxyl groups is 1. The second kappa shape index (κ2) is 10.4. The highest BCUT2D eigenvalue weighted by atomic mass is 16.3. The molecule has 0 aliphatic rings. The molecule has 1 N–H and O–H groups in total. The molecular weight excluding hydrogens is 184 g/mol. The first-order valence-corrected chi connectivity index (χ1v) is 4.91. The van der Waals surface area contributed by atoms with E-state index in [0.717, 1.165) is 6.42 Å². The number of rotatable bonds is 4. The van der Waals surface area contributed by atoms with Crippen LogP contribution in [0.4, 0.5) is 0 Å². The van der Waals surface area contributed by atoms with Crippen molar-refractivity contribution in [3.63, 3.8) is 0 Å². The van der Waals surface area contributed by atoms with Crippen molar-refractivity contribution in [3.05, 3.63) is 36.5 Å². The minimum Gasteiger partial charge on any atom is -0.389 e. The van der Waals surface area contributed by atoms with Gasteiger partial charge in [-0.3, -0.25) is 0 Å². The van der Waals surface area contributed by atoms with Crippen molar-refractivity contribution in [2.75, 3.05) is 0 Å². The third-order valence-electron chi connectivity index (χ3n) is 1.52. The summed E-state index contributed by atoms with van der Waals surface area (Å²) in [4.78, 5) is 0. The molecule has 0 radical (unpaired) electrons. The molecule has 0 rings (SSSR count). The molecule has 0 aliphatic carbocycles. The van der Waals surface area contributed by atoms with Gasteiger partial charge in [0.05, 0.1) is 6.10 Å². The second-order valence-corrected chi connectivity index (χ2v) is 2.75. The lowest BCUT2D eigenvalue weighted by molar-refractivity contribution is 0.219. The van der Waals surface area contributed by atoms with E-state index in [0.29, 0.717) is 0 Å². The van der Waals surface area contributed by atoms with Crippen molar-refractivity contribution in [3.8, 4) is 23.7 Å². The van der Waals surface area contributed by atoms with E-state index in [1.165, 1.54) is 0 Å². The van der Waals surface area contributed by atoms with Crippen LogP contribution in [0.5, 0.6) is 0 Å². The Morgan fingerprint density at radius 3 is 2.53 bits per heavy atom. The summed E-state index contributed by atoms with van der Waals surface area (Å²) in [6.45, 7) is 3.69. The van der Waals surface area contributed by atoms with Gasteiger partial charge in [0.1, 0.15) is 0 Å². The summed E-state index contributed by atoms with van der Waals surface area (Å²) >= 11 is 0. The summed E-state index contributed by atoms with van der Waals surface area (Å²) in [6, 6.07) is 0. The maximum absolute atomic E-state index is 9.18. The molecule has 1 heteroatoms. The molecule has 1 nitrogen and oxygen atoms in total. The van der Waals surface area contributed by atoms with Gasteiger partial charge in [-0.2, -0.15) is 0 Å². The van der Waals surface area contributed by atoms with Crippen LogP contribution in [-0.2, 0) is 0 Å². The van der Waals surface area contributed by atoms with Gasteiger partial charge in [-0.1, -0.05) is 49.1 Å². The van der Waals surface area contributed by atoms with Crippen LogP contribution < -0.4 is 0 Å². The Hall–Kier alpha value is -1.70. The Labute approximate surface area is 92.2 Å². The Bertz CT molecular complexity index is 350. The van der Waals surface area contributed by atoms with E-state index in [1.807, 2.05) is 31.2 Å². The fourth-order valence-electron chi connectivity index (χ4n) is 0.701. The van der Waals surface area contributed by atoms with Crippen LogP contribution in [0.3, 0.4) is 0 Å². The van der Waals surface area contributed by atoms with Crippen molar-refractivity contribution >= 4 is 0 Å². The van der Waals surface area contributed by atoms with Crippen molar-refractivity contribution in [1.29, 1.82) is 0 Å². The predicted octanol–water partition coefficient (Wildman–Crippen LogP) is 2.45. The fourth-order valence-corrected chi connectivity index (χ4v) is 0.701. The fraction of sp³-hybridized carbons (Fsp3) is 0.286. The van der Waals surface area contributed by atoms with Crippen molar-refractivity contribution in [2.45, 2.75) is 26.4 Å². The Balaban J connectivity index is 3.85. The molecule has 0 aromatic carbocycles. The molecule has 15 heavy (non-hydrogen) atoms. The first kappa shape index (κ1) is 13.3. The molecule has 1 atom stereocenters. The molecule has 0 aliphatic heterocycles. The lowest BCUT2D eigenvalue weighted by atomic mass is 10.2. The minimum atomic E-state index is -0.349. The molecule has 0 spiro atoms. The van der Waals surface area contributed by atoms with Crippen LogP contribution >= 0.6 is 0 Å². The SMILES string of the molecule is CC#CC#C/C=C/C=C/C=C/C(O)CC. The van der Waals surface area contributed by atoms with Gasteiger partial charge < -0.3 is 5.11 Å². The van der Waals surface area contributed by atoms with Gasteiger partial charge in [0, 0.05) is 0 Å². The Kier molecular flexibility index (Phi) is 9.20. The monoisotopic (exact) mass is 200 g/mol. The molecule has 0 fully saturated rings. The van der Waals surface area contributed by atoms with Crippen LogP contribution in [0.1, 0.15) is 20.3 Å². The van der Waals surface area contributed by atoms with Crippen LogP contribution in [0.2, 0.25) is 0 Å². The maximum Gasteiger partial charge on any atom is 0.0721 e. The lowest BCUT2D eigenvalue weighted by Gasteiger charge is -1.95. The highest BCUT2D eigenvalue weighted by Gasteiger charge is 1.88. The van der Waals surface area contributed by atoms with Crippen LogP contribution in [0.15, 0.2) is 36.5 Å². The molecule has 0 heterocycles. The van der Waals surface area contributed by atoms with Crippen molar-refractivity contribution < 1.29 is 5.11 Å². The molecule has 0 saturated carbocycles. The Morgan fingerprint density at radius 1 is 1.13 bits per heavy atom. The number of aliphatic hydroxyl groups excluding tert-OH is 1. The smallest absolute Gasteiger partial charge is 0.0721 e. The van der Waals surface area contributed by atoms with Gasteiger partial charge in [0.15, 0.2) is 0 Å². The normalized spacial score (nSPS) is 12.5. The predicted molar refractivity (Wildman–Crippen MR) is 64.9 cm³/mol. The van der Waals surface area contributed by atoms with Crippen LogP contribution in [0.25, 0.3) is 0 Å². The first-order valence-electron chi connectivity index (χ1n) is 4.91. The highest BCUT2D eigenvalue weighted by Crippen LogP contribution is 1.91. The van der Waals surface area contributed by atoms with Gasteiger partial charge in [0.25, 0.3) is 0 Å². The molecule has 0 saturated heterocycles. The molecule has 0 bridgehead atoms. The number of hydrogen-bond acceptors (Lipinski definition) is 1. The summed E-state index contributed by atoms with van der Waals surface area (Å²) < 4.78 is 0.